The van der Waals surface area contributed by atoms with Gasteiger partial charge in [-0.2, -0.15) is 0 Å². The third-order valence-corrected chi connectivity index (χ3v) is 3.97. The van der Waals surface area contributed by atoms with Gasteiger partial charge in [-0.05, 0) is 19.8 Å². The van der Waals surface area contributed by atoms with Gasteiger partial charge in [0.25, 0.3) is 5.56 Å². The van der Waals surface area contributed by atoms with Crippen LogP contribution < -0.4 is 10.9 Å². The van der Waals surface area contributed by atoms with E-state index in [1.165, 1.54) is 10.6 Å². The number of aryl methyl sites for hydroxylation is 2. The maximum atomic E-state index is 12.4. The lowest BCUT2D eigenvalue weighted by Crippen LogP contribution is -2.34. The third-order valence-electron chi connectivity index (χ3n) is 3.97. The van der Waals surface area contributed by atoms with E-state index in [4.69, 9.17) is 0 Å². The second kappa shape index (κ2) is 6.50. The first-order valence-corrected chi connectivity index (χ1v) is 8.02. The van der Waals surface area contributed by atoms with Crippen LogP contribution in [0.15, 0.2) is 21.6 Å². The fourth-order valence-electron chi connectivity index (χ4n) is 2.66. The van der Waals surface area contributed by atoms with Crippen LogP contribution in [0.1, 0.15) is 42.7 Å². The van der Waals surface area contributed by atoms with Gasteiger partial charge in [0.2, 0.25) is 5.91 Å². The molecular formula is C16H20N6O3. The average Bonchev–Trinajstić information content (AvgIpc) is 3.10. The molecule has 0 bridgehead atoms. The number of rotatable bonds is 5. The van der Waals surface area contributed by atoms with Gasteiger partial charge in [-0.3, -0.25) is 14.7 Å². The molecule has 1 amide bonds. The molecule has 3 aromatic rings. The van der Waals surface area contributed by atoms with Crippen molar-refractivity contribution in [2.45, 2.75) is 40.2 Å². The fraction of sp³-hybridized carbons (Fsp3) is 0.438. The van der Waals surface area contributed by atoms with Gasteiger partial charge in [-0.15, -0.1) is 0 Å². The topological polar surface area (TPSA) is 118 Å². The summed E-state index contributed by atoms with van der Waals surface area (Å²) < 4.78 is 5.99. The molecule has 0 aliphatic heterocycles. The number of hydrogen-bond acceptors (Lipinski definition) is 6. The molecule has 25 heavy (non-hydrogen) atoms. The lowest BCUT2D eigenvalue weighted by Gasteiger charge is -2.21. The highest BCUT2D eigenvalue weighted by atomic mass is 16.6. The number of amides is 1. The van der Waals surface area contributed by atoms with Crippen molar-refractivity contribution >= 4 is 11.6 Å². The highest BCUT2D eigenvalue weighted by molar-refractivity contribution is 5.78. The first-order chi connectivity index (χ1) is 11.8. The standard InChI is InChI=1S/C16H20N6O3/c1-8(2)16(18-14(23)6-11-10(4)20-25-21-11)12-7-15(24)22-13(17-12)5-9(3)19-22/h5,7-8,16,19H,6H2,1-4H3,(H,18,23)/t16-/m1/s1. The van der Waals surface area contributed by atoms with Gasteiger partial charge in [0.05, 0.1) is 18.2 Å². The molecule has 1 atom stereocenters. The molecule has 3 rings (SSSR count). The Labute approximate surface area is 143 Å². The summed E-state index contributed by atoms with van der Waals surface area (Å²) in [5, 5.41) is 13.2. The Bertz CT molecular complexity index is 968. The number of hydrogen-bond donors (Lipinski definition) is 2. The van der Waals surface area contributed by atoms with E-state index in [-0.39, 0.29) is 29.8 Å². The summed E-state index contributed by atoms with van der Waals surface area (Å²) in [4.78, 5) is 29.2. The zero-order chi connectivity index (χ0) is 18.1. The van der Waals surface area contributed by atoms with Crippen molar-refractivity contribution in [2.75, 3.05) is 0 Å². The monoisotopic (exact) mass is 344 g/mol. The third kappa shape index (κ3) is 3.44. The zero-order valence-electron chi connectivity index (χ0n) is 14.5. The van der Waals surface area contributed by atoms with Gasteiger partial charge >= 0.3 is 0 Å². The summed E-state index contributed by atoms with van der Waals surface area (Å²) in [6.07, 6.45) is 0.0586. The molecule has 9 nitrogen and oxygen atoms in total. The van der Waals surface area contributed by atoms with Crippen molar-refractivity contribution in [3.8, 4) is 0 Å². The molecule has 0 unspecified atom stereocenters. The van der Waals surface area contributed by atoms with E-state index < -0.39 is 0 Å². The van der Waals surface area contributed by atoms with Crippen LogP contribution in [0.2, 0.25) is 0 Å². The molecule has 3 aromatic heterocycles. The summed E-state index contributed by atoms with van der Waals surface area (Å²) >= 11 is 0. The summed E-state index contributed by atoms with van der Waals surface area (Å²) in [7, 11) is 0. The van der Waals surface area contributed by atoms with Gasteiger partial charge in [0.15, 0.2) is 5.65 Å². The number of aromatic amines is 1. The van der Waals surface area contributed by atoms with E-state index in [0.717, 1.165) is 5.69 Å². The summed E-state index contributed by atoms with van der Waals surface area (Å²) in [6.45, 7) is 7.49. The Hall–Kier alpha value is -2.97. The van der Waals surface area contributed by atoms with E-state index >= 15 is 0 Å². The van der Waals surface area contributed by atoms with E-state index in [1.54, 1.807) is 13.0 Å². The maximum absolute atomic E-state index is 12.4. The van der Waals surface area contributed by atoms with Crippen molar-refractivity contribution < 1.29 is 9.42 Å². The normalized spacial score (nSPS) is 12.7. The predicted molar refractivity (Wildman–Crippen MR) is 89.0 cm³/mol. The molecule has 0 saturated carbocycles. The van der Waals surface area contributed by atoms with Crippen LogP contribution in [0.5, 0.6) is 0 Å². The predicted octanol–water partition coefficient (Wildman–Crippen LogP) is 1.08. The number of aromatic nitrogens is 5. The molecule has 0 aliphatic carbocycles. The second-order valence-corrected chi connectivity index (χ2v) is 6.41. The van der Waals surface area contributed by atoms with Gasteiger partial charge in [-0.25, -0.2) is 14.1 Å². The van der Waals surface area contributed by atoms with Crippen molar-refractivity contribution in [3.05, 3.63) is 45.3 Å². The van der Waals surface area contributed by atoms with E-state index in [2.05, 4.69) is 30.3 Å². The largest absolute Gasteiger partial charge is 0.347 e. The molecule has 2 N–H and O–H groups in total. The molecule has 0 aromatic carbocycles. The van der Waals surface area contributed by atoms with Crippen LogP contribution in [-0.2, 0) is 11.2 Å². The van der Waals surface area contributed by atoms with Crippen LogP contribution >= 0.6 is 0 Å². The lowest BCUT2D eigenvalue weighted by atomic mass is 10.00. The van der Waals surface area contributed by atoms with Gasteiger partial charge in [0.1, 0.15) is 11.4 Å². The van der Waals surface area contributed by atoms with Crippen LogP contribution in [0, 0.1) is 19.8 Å². The number of nitrogens with zero attached hydrogens (tertiary/aromatic N) is 4. The second-order valence-electron chi connectivity index (χ2n) is 6.41. The highest BCUT2D eigenvalue weighted by Crippen LogP contribution is 2.20. The SMILES string of the molecule is Cc1cc2nc([C@H](NC(=O)Cc3nonc3C)C(C)C)cc(=O)n2[nH]1. The van der Waals surface area contributed by atoms with Crippen LogP contribution in [-0.4, -0.2) is 30.8 Å². The minimum Gasteiger partial charge on any atom is -0.347 e. The maximum Gasteiger partial charge on any atom is 0.272 e. The number of carbonyl (C=O) groups excluding carboxylic acids is 1. The smallest absolute Gasteiger partial charge is 0.272 e. The average molecular weight is 344 g/mol. The summed E-state index contributed by atoms with van der Waals surface area (Å²) in [5.74, 6) is -0.181. The Morgan fingerprint density at radius 1 is 1.32 bits per heavy atom. The molecule has 132 valence electrons. The molecular weight excluding hydrogens is 324 g/mol. The number of H-pyrrole nitrogens is 1. The first-order valence-electron chi connectivity index (χ1n) is 8.02. The quantitative estimate of drug-likeness (QED) is 0.715. The minimum absolute atomic E-state index is 0.0508. The molecule has 0 saturated heterocycles. The van der Waals surface area contributed by atoms with E-state index in [1.807, 2.05) is 20.8 Å². The Morgan fingerprint density at radius 2 is 2.08 bits per heavy atom. The van der Waals surface area contributed by atoms with Gasteiger partial charge in [-0.1, -0.05) is 24.2 Å². The Balaban J connectivity index is 1.87. The molecule has 0 aliphatic rings. The highest BCUT2D eigenvalue weighted by Gasteiger charge is 2.22. The van der Waals surface area contributed by atoms with Crippen molar-refractivity contribution in [3.63, 3.8) is 0 Å². The van der Waals surface area contributed by atoms with Crippen molar-refractivity contribution in [1.29, 1.82) is 0 Å². The molecule has 0 fully saturated rings. The number of carbonyl (C=O) groups is 1. The number of fused-ring (bicyclic) bond motifs is 1. The first kappa shape index (κ1) is 16.9. The van der Waals surface area contributed by atoms with Crippen molar-refractivity contribution in [2.24, 2.45) is 5.92 Å². The van der Waals surface area contributed by atoms with E-state index in [9.17, 15) is 9.59 Å². The summed E-state index contributed by atoms with van der Waals surface area (Å²) in [5.41, 5.74) is 2.74. The van der Waals surface area contributed by atoms with Crippen LogP contribution in [0.4, 0.5) is 0 Å². The fourth-order valence-corrected chi connectivity index (χ4v) is 2.66. The molecule has 3 heterocycles. The molecule has 9 heteroatoms. The van der Waals surface area contributed by atoms with E-state index in [0.29, 0.717) is 22.7 Å². The minimum atomic E-state index is -0.388. The van der Waals surface area contributed by atoms with Gasteiger partial charge < -0.3 is 5.32 Å². The molecule has 0 radical (unpaired) electrons. The van der Waals surface area contributed by atoms with Gasteiger partial charge in [0, 0.05) is 17.8 Å². The molecule has 0 spiro atoms. The summed E-state index contributed by atoms with van der Waals surface area (Å²) in [6, 6.07) is 2.84. The van der Waals surface area contributed by atoms with Crippen LogP contribution in [0.25, 0.3) is 5.65 Å². The Morgan fingerprint density at radius 3 is 2.72 bits per heavy atom. The zero-order valence-corrected chi connectivity index (χ0v) is 14.5. The van der Waals surface area contributed by atoms with Crippen LogP contribution in [0.3, 0.4) is 0 Å². The lowest BCUT2D eigenvalue weighted by molar-refractivity contribution is -0.121. The number of nitrogens with one attached hydrogen (secondary N) is 2. The van der Waals surface area contributed by atoms with Crippen molar-refractivity contribution in [1.82, 2.24) is 30.2 Å². The Kier molecular flexibility index (Phi) is 4.39.